The molecule has 5 nitrogen and oxygen atoms in total. The zero-order chi connectivity index (χ0) is 21.4. The molecule has 5 N–H and O–H groups in total. The van der Waals surface area contributed by atoms with Gasteiger partial charge in [0.2, 0.25) is 0 Å². The molecule has 0 spiro atoms. The Morgan fingerprint density at radius 3 is 1.80 bits per heavy atom. The van der Waals surface area contributed by atoms with Gasteiger partial charge in [0, 0.05) is 27.8 Å². The summed E-state index contributed by atoms with van der Waals surface area (Å²) >= 11 is 0. The lowest BCUT2D eigenvalue weighted by Crippen LogP contribution is -1.96. The van der Waals surface area contributed by atoms with E-state index in [0.29, 0.717) is 38.9 Å². The Labute approximate surface area is 173 Å². The Morgan fingerprint density at radius 2 is 1.13 bits per heavy atom. The average Bonchev–Trinajstić information content (AvgIpc) is 2.75. The standard InChI is InChI=1S/C25H20O5/c1-14-20(18-8-5-9-19(27)24(18)29)21(16-10-12-17(26)13-11-16)22(25(30)23(14)28)15-6-3-2-4-7-15/h2-13,26-30H,1H3. The van der Waals surface area contributed by atoms with Crippen molar-refractivity contribution >= 4 is 0 Å². The summed E-state index contributed by atoms with van der Waals surface area (Å²) in [6, 6.07) is 20.1. The lowest BCUT2D eigenvalue weighted by Gasteiger charge is -2.22. The number of rotatable bonds is 3. The number of phenols is 5. The van der Waals surface area contributed by atoms with Crippen molar-refractivity contribution in [3.63, 3.8) is 0 Å². The molecular formula is C25H20O5. The highest BCUT2D eigenvalue weighted by Gasteiger charge is 2.26. The minimum absolute atomic E-state index is 0.0847. The second-order valence-corrected chi connectivity index (χ2v) is 7.03. The molecular weight excluding hydrogens is 380 g/mol. The van der Waals surface area contributed by atoms with Gasteiger partial charge in [-0.25, -0.2) is 0 Å². The maximum Gasteiger partial charge on any atom is 0.166 e. The van der Waals surface area contributed by atoms with E-state index in [-0.39, 0.29) is 28.7 Å². The maximum atomic E-state index is 10.9. The Kier molecular flexibility index (Phi) is 4.72. The average molecular weight is 400 g/mol. The first-order valence-electron chi connectivity index (χ1n) is 9.34. The summed E-state index contributed by atoms with van der Waals surface area (Å²) in [7, 11) is 0. The summed E-state index contributed by atoms with van der Waals surface area (Å²) in [5, 5.41) is 52.0. The van der Waals surface area contributed by atoms with Gasteiger partial charge in [-0.2, -0.15) is 0 Å². The Morgan fingerprint density at radius 1 is 0.500 bits per heavy atom. The first-order chi connectivity index (χ1) is 14.4. The Balaban J connectivity index is 2.21. The van der Waals surface area contributed by atoms with Crippen molar-refractivity contribution in [1.29, 1.82) is 0 Å². The van der Waals surface area contributed by atoms with Crippen LogP contribution >= 0.6 is 0 Å². The summed E-state index contributed by atoms with van der Waals surface area (Å²) in [6.45, 7) is 1.63. The van der Waals surface area contributed by atoms with Gasteiger partial charge in [0.25, 0.3) is 0 Å². The fourth-order valence-electron chi connectivity index (χ4n) is 3.72. The van der Waals surface area contributed by atoms with Crippen LogP contribution in [0.1, 0.15) is 5.56 Å². The van der Waals surface area contributed by atoms with Crippen LogP contribution in [0.2, 0.25) is 0 Å². The third-order valence-electron chi connectivity index (χ3n) is 5.19. The van der Waals surface area contributed by atoms with Gasteiger partial charge in [-0.05, 0) is 36.2 Å². The highest BCUT2D eigenvalue weighted by molar-refractivity contribution is 6.01. The summed E-state index contributed by atoms with van der Waals surface area (Å²) in [5.74, 6) is -1.14. The smallest absolute Gasteiger partial charge is 0.166 e. The third-order valence-corrected chi connectivity index (χ3v) is 5.19. The summed E-state index contributed by atoms with van der Waals surface area (Å²) in [5.41, 5.74) is 3.36. The molecule has 0 radical (unpaired) electrons. The fraction of sp³-hybridized carbons (Fsp3) is 0.0400. The molecule has 30 heavy (non-hydrogen) atoms. The monoisotopic (exact) mass is 400 g/mol. The molecule has 4 rings (SSSR count). The number of aromatic hydroxyl groups is 5. The van der Waals surface area contributed by atoms with Crippen molar-refractivity contribution in [2.45, 2.75) is 6.92 Å². The molecule has 0 bridgehead atoms. The third kappa shape index (κ3) is 3.06. The molecule has 0 aliphatic heterocycles. The predicted molar refractivity (Wildman–Crippen MR) is 116 cm³/mol. The van der Waals surface area contributed by atoms with E-state index >= 15 is 0 Å². The van der Waals surface area contributed by atoms with Crippen LogP contribution in [0.15, 0.2) is 72.8 Å². The molecule has 0 amide bonds. The van der Waals surface area contributed by atoms with Crippen molar-refractivity contribution in [3.05, 3.63) is 78.4 Å². The van der Waals surface area contributed by atoms with Gasteiger partial charge < -0.3 is 25.5 Å². The van der Waals surface area contributed by atoms with Crippen LogP contribution in [-0.2, 0) is 0 Å². The van der Waals surface area contributed by atoms with Crippen molar-refractivity contribution in [2.75, 3.05) is 0 Å². The van der Waals surface area contributed by atoms with Gasteiger partial charge in [0.15, 0.2) is 23.0 Å². The lowest BCUT2D eigenvalue weighted by molar-refractivity contribution is 0.401. The predicted octanol–water partition coefficient (Wildman–Crippen LogP) is 5.52. The largest absolute Gasteiger partial charge is 0.508 e. The minimum atomic E-state index is -0.329. The molecule has 4 aromatic carbocycles. The van der Waals surface area contributed by atoms with Crippen LogP contribution in [0.5, 0.6) is 28.7 Å². The number of hydrogen-bond acceptors (Lipinski definition) is 5. The van der Waals surface area contributed by atoms with E-state index in [1.165, 1.54) is 18.2 Å². The highest BCUT2D eigenvalue weighted by atomic mass is 16.3. The fourth-order valence-corrected chi connectivity index (χ4v) is 3.72. The van der Waals surface area contributed by atoms with Gasteiger partial charge in [-0.1, -0.05) is 54.6 Å². The molecule has 0 atom stereocenters. The molecule has 0 saturated heterocycles. The first-order valence-corrected chi connectivity index (χ1v) is 9.34. The molecule has 0 aromatic heterocycles. The minimum Gasteiger partial charge on any atom is -0.508 e. The van der Waals surface area contributed by atoms with E-state index in [4.69, 9.17) is 0 Å². The van der Waals surface area contributed by atoms with E-state index in [0.717, 1.165) is 0 Å². The number of benzene rings is 4. The van der Waals surface area contributed by atoms with Crippen molar-refractivity contribution in [1.82, 2.24) is 0 Å². The van der Waals surface area contributed by atoms with Gasteiger partial charge >= 0.3 is 0 Å². The van der Waals surface area contributed by atoms with Crippen LogP contribution < -0.4 is 0 Å². The van der Waals surface area contributed by atoms with Crippen LogP contribution in [0.4, 0.5) is 0 Å². The van der Waals surface area contributed by atoms with Crippen LogP contribution in [0, 0.1) is 6.92 Å². The van der Waals surface area contributed by atoms with Crippen molar-refractivity contribution in [3.8, 4) is 62.1 Å². The summed E-state index contributed by atoms with van der Waals surface area (Å²) in [4.78, 5) is 0. The molecule has 4 aromatic rings. The molecule has 0 saturated carbocycles. The number of phenolic OH excluding ortho intramolecular Hbond substituents is 5. The highest BCUT2D eigenvalue weighted by Crippen LogP contribution is 2.53. The molecule has 150 valence electrons. The Hall–Kier alpha value is -4.12. The SMILES string of the molecule is Cc1c(O)c(O)c(-c2ccccc2)c(-c2ccc(O)cc2)c1-c1cccc(O)c1O. The summed E-state index contributed by atoms with van der Waals surface area (Å²) in [6.07, 6.45) is 0. The van der Waals surface area contributed by atoms with Crippen molar-refractivity contribution < 1.29 is 25.5 Å². The van der Waals surface area contributed by atoms with E-state index in [9.17, 15) is 25.5 Å². The zero-order valence-electron chi connectivity index (χ0n) is 16.2. The van der Waals surface area contributed by atoms with Crippen LogP contribution in [0.25, 0.3) is 33.4 Å². The topological polar surface area (TPSA) is 101 Å². The zero-order valence-corrected chi connectivity index (χ0v) is 16.2. The van der Waals surface area contributed by atoms with Gasteiger partial charge in [0.05, 0.1) is 0 Å². The second kappa shape index (κ2) is 7.37. The Bertz CT molecular complexity index is 1230. The maximum absolute atomic E-state index is 10.9. The summed E-state index contributed by atoms with van der Waals surface area (Å²) < 4.78 is 0. The molecule has 0 fully saturated rings. The van der Waals surface area contributed by atoms with E-state index in [1.54, 1.807) is 43.3 Å². The van der Waals surface area contributed by atoms with E-state index in [2.05, 4.69) is 0 Å². The quantitative estimate of drug-likeness (QED) is 0.291. The molecule has 0 aliphatic carbocycles. The number of hydrogen-bond donors (Lipinski definition) is 5. The van der Waals surface area contributed by atoms with Crippen LogP contribution in [0.3, 0.4) is 0 Å². The van der Waals surface area contributed by atoms with Crippen LogP contribution in [-0.4, -0.2) is 25.5 Å². The molecule has 0 aliphatic rings. The van der Waals surface area contributed by atoms with E-state index < -0.39 is 0 Å². The van der Waals surface area contributed by atoms with Gasteiger partial charge in [-0.15, -0.1) is 0 Å². The second-order valence-electron chi connectivity index (χ2n) is 7.03. The van der Waals surface area contributed by atoms with Crippen molar-refractivity contribution in [2.24, 2.45) is 0 Å². The van der Waals surface area contributed by atoms with Gasteiger partial charge in [0.1, 0.15) is 5.75 Å². The van der Waals surface area contributed by atoms with E-state index in [1.807, 2.05) is 18.2 Å². The molecule has 0 heterocycles. The normalized spacial score (nSPS) is 10.8. The lowest BCUT2D eigenvalue weighted by atomic mass is 9.83. The molecule has 5 heteroatoms. The molecule has 0 unspecified atom stereocenters. The first kappa shape index (κ1) is 19.2. The number of para-hydroxylation sites is 1. The van der Waals surface area contributed by atoms with Gasteiger partial charge in [-0.3, -0.25) is 0 Å².